The molecule has 154 valence electrons. The molecule has 0 amide bonds. The van der Waals surface area contributed by atoms with Crippen LogP contribution < -0.4 is 4.31 Å². The Labute approximate surface area is 183 Å². The van der Waals surface area contributed by atoms with E-state index in [1.807, 2.05) is 67.6 Å². The lowest BCUT2D eigenvalue weighted by atomic mass is 9.90. The van der Waals surface area contributed by atoms with Crippen LogP contribution in [0.25, 0.3) is 10.8 Å². The van der Waals surface area contributed by atoms with Crippen LogP contribution >= 0.6 is 0 Å². The Kier molecular flexibility index (Phi) is 4.67. The van der Waals surface area contributed by atoms with Crippen molar-refractivity contribution in [1.82, 2.24) is 0 Å². The molecule has 31 heavy (non-hydrogen) atoms. The summed E-state index contributed by atoms with van der Waals surface area (Å²) >= 11 is 0. The minimum atomic E-state index is -3.78. The number of hydrogen-bond acceptors (Lipinski definition) is 2. The first-order valence-corrected chi connectivity index (χ1v) is 11.8. The Morgan fingerprint density at radius 1 is 0.839 bits per heavy atom. The van der Waals surface area contributed by atoms with Crippen LogP contribution in [0.5, 0.6) is 0 Å². The van der Waals surface area contributed by atoms with Crippen LogP contribution in [0.4, 0.5) is 5.69 Å². The molecule has 2 atom stereocenters. The molecule has 0 radical (unpaired) electrons. The van der Waals surface area contributed by atoms with E-state index in [9.17, 15) is 8.42 Å². The van der Waals surface area contributed by atoms with E-state index in [-0.39, 0.29) is 5.92 Å². The zero-order chi connectivity index (χ0) is 21.6. The maximum atomic E-state index is 13.9. The van der Waals surface area contributed by atoms with Gasteiger partial charge in [0.1, 0.15) is 0 Å². The van der Waals surface area contributed by atoms with Crippen LogP contribution in [-0.4, -0.2) is 8.42 Å². The molecule has 0 spiro atoms. The number of benzene rings is 4. The highest BCUT2D eigenvalue weighted by Crippen LogP contribution is 2.52. The van der Waals surface area contributed by atoms with E-state index >= 15 is 0 Å². The number of fused-ring (bicyclic) bond motifs is 2. The van der Waals surface area contributed by atoms with Crippen LogP contribution in [0.15, 0.2) is 109 Å². The van der Waals surface area contributed by atoms with Crippen molar-refractivity contribution in [1.29, 1.82) is 0 Å². The standard InChI is InChI=1S/C27H23NO2S/c1-3-24-25-10-6-7-11-26(25)28(31(29,30)23-16-12-19(2)13-17-23)27(24)22-15-14-20-8-4-5-9-21(20)18-22/h3-18,24,27H,1H2,2H3/t24-,27+/m0/s1. The van der Waals surface area contributed by atoms with Crippen molar-refractivity contribution in [2.45, 2.75) is 23.8 Å². The summed E-state index contributed by atoms with van der Waals surface area (Å²) in [6, 6.07) is 28.7. The predicted octanol–water partition coefficient (Wildman–Crippen LogP) is 6.37. The lowest BCUT2D eigenvalue weighted by Crippen LogP contribution is -2.33. The van der Waals surface area contributed by atoms with Crippen LogP contribution in [0.2, 0.25) is 0 Å². The highest BCUT2D eigenvalue weighted by atomic mass is 32.2. The van der Waals surface area contributed by atoms with Gasteiger partial charge in [-0.05, 0) is 53.1 Å². The molecule has 0 bridgehead atoms. The van der Waals surface area contributed by atoms with Crippen molar-refractivity contribution in [3.8, 4) is 0 Å². The summed E-state index contributed by atoms with van der Waals surface area (Å²) < 4.78 is 29.4. The van der Waals surface area contributed by atoms with Gasteiger partial charge in [0.25, 0.3) is 10.0 Å². The molecule has 0 aliphatic carbocycles. The lowest BCUT2D eigenvalue weighted by Gasteiger charge is -2.29. The summed E-state index contributed by atoms with van der Waals surface area (Å²) in [7, 11) is -3.78. The van der Waals surface area contributed by atoms with Crippen LogP contribution in [0, 0.1) is 6.92 Å². The molecule has 0 aromatic heterocycles. The number of hydrogen-bond donors (Lipinski definition) is 0. The van der Waals surface area contributed by atoms with Gasteiger partial charge in [0.2, 0.25) is 0 Å². The molecule has 3 nitrogen and oxygen atoms in total. The third kappa shape index (κ3) is 3.15. The largest absolute Gasteiger partial charge is 0.264 e. The van der Waals surface area contributed by atoms with E-state index in [2.05, 4.69) is 30.8 Å². The fraction of sp³-hybridized carbons (Fsp3) is 0.111. The van der Waals surface area contributed by atoms with Gasteiger partial charge in [-0.3, -0.25) is 4.31 Å². The first-order valence-electron chi connectivity index (χ1n) is 10.3. The van der Waals surface area contributed by atoms with E-state index in [0.717, 1.165) is 27.5 Å². The summed E-state index contributed by atoms with van der Waals surface area (Å²) in [5.74, 6) is -0.141. The van der Waals surface area contributed by atoms with Gasteiger partial charge in [-0.15, -0.1) is 6.58 Å². The van der Waals surface area contributed by atoms with Crippen molar-refractivity contribution in [2.75, 3.05) is 4.31 Å². The highest BCUT2D eigenvalue weighted by molar-refractivity contribution is 7.92. The van der Waals surface area contributed by atoms with Gasteiger partial charge in [0, 0.05) is 5.92 Å². The summed E-state index contributed by atoms with van der Waals surface area (Å²) in [6.45, 7) is 6.01. The molecule has 4 aromatic carbocycles. The summed E-state index contributed by atoms with van der Waals surface area (Å²) in [5, 5.41) is 2.22. The molecule has 1 heterocycles. The third-order valence-corrected chi connectivity index (χ3v) is 7.88. The van der Waals surface area contributed by atoms with Gasteiger partial charge >= 0.3 is 0 Å². The normalized spacial score (nSPS) is 18.2. The van der Waals surface area contributed by atoms with Crippen molar-refractivity contribution in [3.05, 3.63) is 120 Å². The Bertz CT molecular complexity index is 1390. The fourth-order valence-corrected chi connectivity index (χ4v) is 6.21. The molecule has 4 aromatic rings. The monoisotopic (exact) mass is 425 g/mol. The minimum Gasteiger partial charge on any atom is -0.258 e. The molecular weight excluding hydrogens is 402 g/mol. The molecule has 0 saturated carbocycles. The van der Waals surface area contributed by atoms with Crippen molar-refractivity contribution in [2.24, 2.45) is 0 Å². The van der Waals surface area contributed by atoms with E-state index < -0.39 is 16.1 Å². The molecule has 0 N–H and O–H groups in total. The number of aryl methyl sites for hydroxylation is 1. The topological polar surface area (TPSA) is 37.4 Å². The predicted molar refractivity (Wildman–Crippen MR) is 127 cm³/mol. The van der Waals surface area contributed by atoms with Gasteiger partial charge in [0.15, 0.2) is 0 Å². The number of para-hydroxylation sites is 1. The van der Waals surface area contributed by atoms with Crippen molar-refractivity contribution in [3.63, 3.8) is 0 Å². The smallest absolute Gasteiger partial charge is 0.258 e. The SMILES string of the molecule is C=C[C@H]1c2ccccc2N(S(=O)(=O)c2ccc(C)cc2)[C@@H]1c1ccc2ccccc2c1. The fourth-order valence-electron chi connectivity index (χ4n) is 4.53. The zero-order valence-electron chi connectivity index (χ0n) is 17.3. The van der Waals surface area contributed by atoms with E-state index in [0.29, 0.717) is 10.6 Å². The third-order valence-electron chi connectivity index (χ3n) is 6.07. The Morgan fingerprint density at radius 2 is 1.52 bits per heavy atom. The quantitative estimate of drug-likeness (QED) is 0.356. The van der Waals surface area contributed by atoms with Gasteiger partial charge in [0.05, 0.1) is 16.6 Å². The Morgan fingerprint density at radius 3 is 2.26 bits per heavy atom. The lowest BCUT2D eigenvalue weighted by molar-refractivity contribution is 0.576. The molecule has 0 unspecified atom stereocenters. The summed E-state index contributed by atoms with van der Waals surface area (Å²) in [4.78, 5) is 0.295. The molecule has 1 aliphatic heterocycles. The van der Waals surface area contributed by atoms with Crippen molar-refractivity contribution >= 4 is 26.5 Å². The van der Waals surface area contributed by atoms with Crippen molar-refractivity contribution < 1.29 is 8.42 Å². The molecule has 0 fully saturated rings. The first kappa shape index (κ1) is 19.6. The van der Waals surface area contributed by atoms with Gasteiger partial charge in [-0.25, -0.2) is 8.42 Å². The summed E-state index contributed by atoms with van der Waals surface area (Å²) in [6.07, 6.45) is 1.86. The van der Waals surface area contributed by atoms with Crippen LogP contribution in [0.3, 0.4) is 0 Å². The first-order chi connectivity index (χ1) is 15.0. The Balaban J connectivity index is 1.74. The number of nitrogens with zero attached hydrogens (tertiary/aromatic N) is 1. The van der Waals surface area contributed by atoms with E-state index in [1.165, 1.54) is 0 Å². The second kappa shape index (κ2) is 7.40. The molecule has 0 saturated heterocycles. The molecule has 1 aliphatic rings. The average Bonchev–Trinajstić information content (AvgIpc) is 3.14. The number of rotatable bonds is 4. The second-order valence-electron chi connectivity index (χ2n) is 7.99. The van der Waals surface area contributed by atoms with Gasteiger partial charge in [-0.1, -0.05) is 78.4 Å². The maximum Gasteiger partial charge on any atom is 0.264 e. The van der Waals surface area contributed by atoms with Crippen LogP contribution in [-0.2, 0) is 10.0 Å². The number of sulfonamides is 1. The number of anilines is 1. The van der Waals surface area contributed by atoms with Gasteiger partial charge in [-0.2, -0.15) is 0 Å². The maximum absolute atomic E-state index is 13.9. The summed E-state index contributed by atoms with van der Waals surface area (Å²) in [5.41, 5.74) is 3.67. The Hall–Kier alpha value is -3.37. The molecule has 4 heteroatoms. The minimum absolute atomic E-state index is 0.141. The van der Waals surface area contributed by atoms with Crippen LogP contribution in [0.1, 0.15) is 28.7 Å². The highest BCUT2D eigenvalue weighted by Gasteiger charge is 2.44. The molecule has 5 rings (SSSR count). The van der Waals surface area contributed by atoms with Gasteiger partial charge < -0.3 is 0 Å². The van der Waals surface area contributed by atoms with E-state index in [1.54, 1.807) is 16.4 Å². The van der Waals surface area contributed by atoms with E-state index in [4.69, 9.17) is 0 Å². The zero-order valence-corrected chi connectivity index (χ0v) is 18.1. The second-order valence-corrected chi connectivity index (χ2v) is 9.80. The molecular formula is C27H23NO2S. The average molecular weight is 426 g/mol.